The zero-order valence-electron chi connectivity index (χ0n) is 18.0. The fraction of sp³-hybridized carbons (Fsp3) is 0.320. The number of unbranched alkanes of at least 4 members (excludes halogenated alkanes) is 1. The Bertz CT molecular complexity index is 947. The van der Waals surface area contributed by atoms with Crippen molar-refractivity contribution >= 4 is 5.91 Å². The summed E-state index contributed by atoms with van der Waals surface area (Å²) in [6.07, 6.45) is 4.07. The van der Waals surface area contributed by atoms with Crippen molar-refractivity contribution in [2.75, 3.05) is 20.8 Å². The molecule has 2 aromatic carbocycles. The fourth-order valence-electron chi connectivity index (χ4n) is 3.43. The first kappa shape index (κ1) is 21.5. The van der Waals surface area contributed by atoms with Gasteiger partial charge < -0.3 is 18.9 Å². The van der Waals surface area contributed by atoms with Gasteiger partial charge in [-0.3, -0.25) is 4.79 Å². The van der Waals surface area contributed by atoms with E-state index in [0.29, 0.717) is 12.1 Å². The summed E-state index contributed by atoms with van der Waals surface area (Å²) in [5.41, 5.74) is 2.95. The number of hydrogen-bond donors (Lipinski definition) is 0. The molecule has 0 aliphatic carbocycles. The van der Waals surface area contributed by atoms with Crippen LogP contribution in [0.4, 0.5) is 0 Å². The Balaban J connectivity index is 1.78. The summed E-state index contributed by atoms with van der Waals surface area (Å²) in [5, 5.41) is 0. The molecule has 1 aromatic heterocycles. The topological polar surface area (TPSA) is 43.7 Å². The second kappa shape index (κ2) is 10.5. The van der Waals surface area contributed by atoms with Gasteiger partial charge in [0.25, 0.3) is 5.91 Å². The highest BCUT2D eigenvalue weighted by atomic mass is 16.5. The maximum Gasteiger partial charge on any atom is 0.254 e. The number of hydrogen-bond acceptors (Lipinski definition) is 3. The number of ether oxygens (including phenoxy) is 2. The average Bonchev–Trinajstić information content (AvgIpc) is 3.22. The van der Waals surface area contributed by atoms with Crippen molar-refractivity contribution in [1.29, 1.82) is 0 Å². The van der Waals surface area contributed by atoms with Gasteiger partial charge in [-0.05, 0) is 60.5 Å². The molecule has 0 bridgehead atoms. The van der Waals surface area contributed by atoms with Crippen LogP contribution in [0.1, 0.15) is 41.4 Å². The number of carbonyl (C=O) groups is 1. The molecular weight excluding hydrogens is 376 g/mol. The average molecular weight is 407 g/mol. The van der Waals surface area contributed by atoms with E-state index in [2.05, 4.69) is 29.8 Å². The number of aromatic nitrogens is 1. The first-order valence-electron chi connectivity index (χ1n) is 10.3. The van der Waals surface area contributed by atoms with E-state index in [1.165, 1.54) is 0 Å². The first-order chi connectivity index (χ1) is 14.6. The second-order valence-corrected chi connectivity index (χ2v) is 7.29. The van der Waals surface area contributed by atoms with E-state index in [4.69, 9.17) is 9.47 Å². The Morgan fingerprint density at radius 1 is 0.967 bits per heavy atom. The molecule has 0 unspecified atom stereocenters. The van der Waals surface area contributed by atoms with E-state index in [1.54, 1.807) is 14.2 Å². The third-order valence-electron chi connectivity index (χ3n) is 5.17. The molecule has 0 atom stereocenters. The minimum Gasteiger partial charge on any atom is -0.497 e. The highest BCUT2D eigenvalue weighted by Gasteiger charge is 2.17. The molecule has 3 aromatic rings. The molecule has 0 radical (unpaired) electrons. The third-order valence-corrected chi connectivity index (χ3v) is 5.17. The quantitative estimate of drug-likeness (QED) is 0.476. The molecule has 5 nitrogen and oxygen atoms in total. The van der Waals surface area contributed by atoms with E-state index < -0.39 is 0 Å². The first-order valence-corrected chi connectivity index (χ1v) is 10.3. The molecule has 158 valence electrons. The molecule has 30 heavy (non-hydrogen) atoms. The van der Waals surface area contributed by atoms with Crippen LogP contribution in [0.25, 0.3) is 0 Å². The van der Waals surface area contributed by atoms with Gasteiger partial charge in [0.15, 0.2) is 0 Å². The summed E-state index contributed by atoms with van der Waals surface area (Å²) in [4.78, 5) is 15.1. The van der Waals surface area contributed by atoms with E-state index in [-0.39, 0.29) is 5.91 Å². The Labute approximate surface area is 178 Å². The number of rotatable bonds is 10. The lowest BCUT2D eigenvalue weighted by Crippen LogP contribution is -2.32. The van der Waals surface area contributed by atoms with Crippen LogP contribution in [0.3, 0.4) is 0 Å². The maximum atomic E-state index is 13.2. The molecule has 1 amide bonds. The van der Waals surface area contributed by atoms with Gasteiger partial charge in [0.05, 0.1) is 20.8 Å². The maximum absolute atomic E-state index is 13.2. The molecule has 3 rings (SSSR count). The van der Waals surface area contributed by atoms with Crippen molar-refractivity contribution in [2.45, 2.75) is 32.9 Å². The van der Waals surface area contributed by atoms with E-state index in [9.17, 15) is 4.79 Å². The SMILES string of the molecule is CCCCN(Cc1cccn1Cc1cccc(OC)c1)C(=O)c1ccc(OC)cc1. The van der Waals surface area contributed by atoms with Crippen LogP contribution in [0, 0.1) is 0 Å². The number of nitrogens with zero attached hydrogens (tertiary/aromatic N) is 2. The van der Waals surface area contributed by atoms with Crippen LogP contribution < -0.4 is 9.47 Å². The van der Waals surface area contributed by atoms with Crippen molar-refractivity contribution in [3.8, 4) is 11.5 Å². The minimum absolute atomic E-state index is 0.0419. The van der Waals surface area contributed by atoms with Crippen molar-refractivity contribution < 1.29 is 14.3 Å². The summed E-state index contributed by atoms with van der Waals surface area (Å²) in [5.74, 6) is 1.64. The molecule has 0 spiro atoms. The summed E-state index contributed by atoms with van der Waals surface area (Å²) in [7, 11) is 3.30. The fourth-order valence-corrected chi connectivity index (χ4v) is 3.43. The zero-order valence-corrected chi connectivity index (χ0v) is 18.0. The molecule has 0 fully saturated rings. The Kier molecular flexibility index (Phi) is 7.55. The molecule has 5 heteroatoms. The van der Waals surface area contributed by atoms with Crippen LogP contribution in [0.2, 0.25) is 0 Å². The van der Waals surface area contributed by atoms with E-state index in [0.717, 1.165) is 48.7 Å². The number of carbonyl (C=O) groups excluding carboxylic acids is 1. The zero-order chi connectivity index (χ0) is 21.3. The van der Waals surface area contributed by atoms with Gasteiger partial charge in [-0.15, -0.1) is 0 Å². The van der Waals surface area contributed by atoms with Crippen LogP contribution in [0.5, 0.6) is 11.5 Å². The molecule has 0 aliphatic rings. The molecular formula is C25H30N2O3. The monoisotopic (exact) mass is 406 g/mol. The Morgan fingerprint density at radius 3 is 2.43 bits per heavy atom. The summed E-state index contributed by atoms with van der Waals surface area (Å²) >= 11 is 0. The van der Waals surface area contributed by atoms with Gasteiger partial charge in [0, 0.05) is 30.5 Å². The van der Waals surface area contributed by atoms with Gasteiger partial charge in [0.2, 0.25) is 0 Å². The number of methoxy groups -OCH3 is 2. The highest BCUT2D eigenvalue weighted by molar-refractivity contribution is 5.94. The molecule has 0 N–H and O–H groups in total. The predicted octanol–water partition coefficient (Wildman–Crippen LogP) is 5.00. The van der Waals surface area contributed by atoms with Crippen LogP contribution in [-0.2, 0) is 13.1 Å². The lowest BCUT2D eigenvalue weighted by Gasteiger charge is -2.24. The molecule has 0 saturated carbocycles. The summed E-state index contributed by atoms with van der Waals surface area (Å²) < 4.78 is 12.7. The highest BCUT2D eigenvalue weighted by Crippen LogP contribution is 2.18. The normalized spacial score (nSPS) is 10.6. The minimum atomic E-state index is 0.0419. The number of benzene rings is 2. The molecule has 1 heterocycles. The van der Waals surface area contributed by atoms with Gasteiger partial charge in [-0.25, -0.2) is 0 Å². The van der Waals surface area contributed by atoms with Gasteiger partial charge >= 0.3 is 0 Å². The Morgan fingerprint density at radius 2 is 1.73 bits per heavy atom. The molecule has 0 saturated heterocycles. The standard InChI is InChI=1S/C25H30N2O3/c1-4-5-15-27(25(28)21-11-13-23(29-2)14-12-21)19-22-9-7-16-26(22)18-20-8-6-10-24(17-20)30-3/h6-14,16-17H,4-5,15,18-19H2,1-3H3. The van der Waals surface area contributed by atoms with Crippen molar-refractivity contribution in [2.24, 2.45) is 0 Å². The summed E-state index contributed by atoms with van der Waals surface area (Å²) in [6, 6.07) is 19.5. The van der Waals surface area contributed by atoms with Crippen LogP contribution in [-0.4, -0.2) is 36.1 Å². The van der Waals surface area contributed by atoms with Gasteiger partial charge in [0.1, 0.15) is 11.5 Å². The van der Waals surface area contributed by atoms with Crippen LogP contribution >= 0.6 is 0 Å². The lowest BCUT2D eigenvalue weighted by molar-refractivity contribution is 0.0737. The van der Waals surface area contributed by atoms with E-state index in [1.807, 2.05) is 53.4 Å². The van der Waals surface area contributed by atoms with E-state index >= 15 is 0 Å². The second-order valence-electron chi connectivity index (χ2n) is 7.29. The predicted molar refractivity (Wildman–Crippen MR) is 119 cm³/mol. The van der Waals surface area contributed by atoms with Crippen molar-refractivity contribution in [3.63, 3.8) is 0 Å². The third kappa shape index (κ3) is 5.44. The number of amides is 1. The lowest BCUT2D eigenvalue weighted by atomic mass is 10.1. The summed E-state index contributed by atoms with van der Waals surface area (Å²) in [6.45, 7) is 4.17. The smallest absolute Gasteiger partial charge is 0.254 e. The van der Waals surface area contributed by atoms with Crippen molar-refractivity contribution in [3.05, 3.63) is 83.7 Å². The van der Waals surface area contributed by atoms with Crippen LogP contribution in [0.15, 0.2) is 66.9 Å². The van der Waals surface area contributed by atoms with Gasteiger partial charge in [-0.2, -0.15) is 0 Å². The Hall–Kier alpha value is -3.21. The molecule has 0 aliphatic heterocycles. The van der Waals surface area contributed by atoms with Crippen molar-refractivity contribution in [1.82, 2.24) is 9.47 Å². The van der Waals surface area contributed by atoms with Gasteiger partial charge in [-0.1, -0.05) is 25.5 Å². The largest absolute Gasteiger partial charge is 0.497 e.